The Kier molecular flexibility index (Phi) is 5.54. The van der Waals surface area contributed by atoms with Gasteiger partial charge < -0.3 is 15.8 Å². The average molecular weight is 313 g/mol. The lowest BCUT2D eigenvalue weighted by Crippen LogP contribution is -2.20. The van der Waals surface area contributed by atoms with E-state index in [0.717, 1.165) is 16.8 Å². The number of methoxy groups -OCH3 is 1. The number of nitrogens with zero attached hydrogens (tertiary/aromatic N) is 3. The predicted molar refractivity (Wildman–Crippen MR) is 94.0 cm³/mol. The lowest BCUT2D eigenvalue weighted by molar-refractivity contribution is 0.181. The largest absolute Gasteiger partial charge is 0.398 e. The summed E-state index contributed by atoms with van der Waals surface area (Å²) < 4.78 is 7.01. The highest BCUT2D eigenvalue weighted by Gasteiger charge is 2.13. The Hall–Kier alpha value is -2.60. The number of rotatable bonds is 7. The lowest BCUT2D eigenvalue weighted by Gasteiger charge is -2.07. The smallest absolute Gasteiger partial charge is 0.118 e. The van der Waals surface area contributed by atoms with E-state index in [4.69, 9.17) is 10.5 Å². The third-order valence-electron chi connectivity index (χ3n) is 3.12. The third-order valence-corrected chi connectivity index (χ3v) is 3.12. The maximum Gasteiger partial charge on any atom is 0.118 e. The number of pyridine rings is 1. The molecule has 0 saturated carbocycles. The van der Waals surface area contributed by atoms with Crippen molar-refractivity contribution >= 4 is 17.4 Å². The molecule has 0 atom stereocenters. The molecule has 2 heterocycles. The Balaban J connectivity index is 2.30. The minimum atomic E-state index is 0.286. The van der Waals surface area contributed by atoms with Crippen molar-refractivity contribution in [2.24, 2.45) is 10.7 Å². The number of allylic oxidation sites excluding steroid dienone is 1. The Morgan fingerprint density at radius 2 is 2.30 bits per heavy atom. The maximum absolute atomic E-state index is 6.23. The van der Waals surface area contributed by atoms with Crippen LogP contribution < -0.4 is 11.1 Å². The fourth-order valence-electron chi connectivity index (χ4n) is 2.26. The second kappa shape index (κ2) is 7.60. The van der Waals surface area contributed by atoms with E-state index in [2.05, 4.69) is 22.0 Å². The molecular weight excluding hydrogens is 290 g/mol. The average Bonchev–Trinajstić information content (AvgIpc) is 2.84. The Bertz CT molecular complexity index is 743. The topological polar surface area (TPSA) is 76.9 Å². The van der Waals surface area contributed by atoms with Crippen LogP contribution in [0.25, 0.3) is 11.2 Å². The molecule has 0 saturated heterocycles. The summed E-state index contributed by atoms with van der Waals surface area (Å²) in [7, 11) is 1.64. The molecule has 0 unspecified atom stereocenters. The molecular formula is C17H23N5O. The quantitative estimate of drug-likeness (QED) is 0.769. The molecule has 0 spiro atoms. The van der Waals surface area contributed by atoms with E-state index < -0.39 is 0 Å². The summed E-state index contributed by atoms with van der Waals surface area (Å²) in [5, 5.41) is 7.62. The number of fused-ring (bicyclic) bond motifs is 1. The molecule has 2 aromatic rings. The highest BCUT2D eigenvalue weighted by molar-refractivity contribution is 5.88. The molecule has 0 aliphatic rings. The first kappa shape index (κ1) is 16.8. The van der Waals surface area contributed by atoms with E-state index in [0.29, 0.717) is 18.1 Å². The monoisotopic (exact) mass is 313 g/mol. The molecule has 3 N–H and O–H groups in total. The van der Waals surface area contributed by atoms with Gasteiger partial charge in [-0.2, -0.15) is 5.10 Å². The van der Waals surface area contributed by atoms with Crippen LogP contribution in [0.4, 0.5) is 0 Å². The molecule has 2 rings (SSSR count). The number of nitrogens with one attached hydrogen (secondary N) is 1. The summed E-state index contributed by atoms with van der Waals surface area (Å²) in [5.74, 6) is 0.598. The van der Waals surface area contributed by atoms with E-state index in [1.54, 1.807) is 23.9 Å². The standard InChI is InChI=1S/C17H23N5O/c1-12(2)20-13(3)19-9-8-14(18)17-15(11-23-4)21-22-10-6-5-7-16(17)22/h5-10,12,20H,3,11,18H2,1-2,4H3/b14-8-,19-9?. The van der Waals surface area contributed by atoms with E-state index in [-0.39, 0.29) is 6.04 Å². The zero-order valence-electron chi connectivity index (χ0n) is 13.8. The van der Waals surface area contributed by atoms with Gasteiger partial charge in [0.05, 0.1) is 17.8 Å². The number of aromatic nitrogens is 2. The van der Waals surface area contributed by atoms with Gasteiger partial charge in [0.15, 0.2) is 0 Å². The van der Waals surface area contributed by atoms with Crippen LogP contribution in [0, 0.1) is 0 Å². The van der Waals surface area contributed by atoms with Crippen molar-refractivity contribution < 1.29 is 4.74 Å². The first-order valence-electron chi connectivity index (χ1n) is 7.43. The first-order chi connectivity index (χ1) is 11.0. The second-order valence-corrected chi connectivity index (χ2v) is 5.43. The van der Waals surface area contributed by atoms with Crippen molar-refractivity contribution in [1.29, 1.82) is 0 Å². The van der Waals surface area contributed by atoms with Crippen LogP contribution in [0.3, 0.4) is 0 Å². The summed E-state index contributed by atoms with van der Waals surface area (Å²) >= 11 is 0. The van der Waals surface area contributed by atoms with Crippen LogP contribution in [-0.4, -0.2) is 29.0 Å². The normalized spacial score (nSPS) is 12.4. The van der Waals surface area contributed by atoms with Crippen molar-refractivity contribution in [2.45, 2.75) is 26.5 Å². The highest BCUT2D eigenvalue weighted by atomic mass is 16.5. The van der Waals surface area contributed by atoms with Gasteiger partial charge >= 0.3 is 0 Å². The summed E-state index contributed by atoms with van der Waals surface area (Å²) in [6.07, 6.45) is 5.26. The van der Waals surface area contributed by atoms with Crippen molar-refractivity contribution in [3.05, 3.63) is 54.1 Å². The molecule has 0 aromatic carbocycles. The molecule has 0 aliphatic heterocycles. The van der Waals surface area contributed by atoms with Gasteiger partial charge in [-0.3, -0.25) is 0 Å². The summed E-state index contributed by atoms with van der Waals surface area (Å²) in [4.78, 5) is 4.22. The minimum Gasteiger partial charge on any atom is -0.398 e. The van der Waals surface area contributed by atoms with Crippen LogP contribution in [0.5, 0.6) is 0 Å². The fraction of sp³-hybridized carbons (Fsp3) is 0.294. The Labute approximate surface area is 136 Å². The fourth-order valence-corrected chi connectivity index (χ4v) is 2.26. The summed E-state index contributed by atoms with van der Waals surface area (Å²) in [5.41, 5.74) is 9.40. The lowest BCUT2D eigenvalue weighted by atomic mass is 10.1. The molecule has 0 fully saturated rings. The molecule has 2 aromatic heterocycles. The first-order valence-corrected chi connectivity index (χ1v) is 7.43. The number of hydrogen-bond donors (Lipinski definition) is 2. The van der Waals surface area contributed by atoms with Crippen molar-refractivity contribution in [3.63, 3.8) is 0 Å². The molecule has 6 heteroatoms. The highest BCUT2D eigenvalue weighted by Crippen LogP contribution is 2.21. The SMILES string of the molecule is C=C(N=C/C=C(\N)c1c(COC)nn2ccccc12)NC(C)C. The van der Waals surface area contributed by atoms with Gasteiger partial charge in [-0.05, 0) is 32.1 Å². The van der Waals surface area contributed by atoms with E-state index >= 15 is 0 Å². The number of ether oxygens (including phenoxy) is 1. The third kappa shape index (κ3) is 4.20. The second-order valence-electron chi connectivity index (χ2n) is 5.43. The molecule has 0 bridgehead atoms. The molecule has 0 aliphatic carbocycles. The van der Waals surface area contributed by atoms with E-state index in [9.17, 15) is 0 Å². The van der Waals surface area contributed by atoms with Gasteiger partial charge in [0.25, 0.3) is 0 Å². The number of nitrogens with two attached hydrogens (primary N) is 1. The van der Waals surface area contributed by atoms with Crippen molar-refractivity contribution in [3.8, 4) is 0 Å². The van der Waals surface area contributed by atoms with Gasteiger partial charge in [0, 0.05) is 36.8 Å². The molecule has 0 radical (unpaired) electrons. The van der Waals surface area contributed by atoms with Gasteiger partial charge in [-0.1, -0.05) is 12.6 Å². The van der Waals surface area contributed by atoms with Crippen LogP contribution in [-0.2, 0) is 11.3 Å². The predicted octanol–water partition coefficient (Wildman–Crippen LogP) is 2.32. The summed E-state index contributed by atoms with van der Waals surface area (Å²) in [6, 6.07) is 6.13. The van der Waals surface area contributed by atoms with Gasteiger partial charge in [0.1, 0.15) is 5.82 Å². The van der Waals surface area contributed by atoms with Gasteiger partial charge in [0.2, 0.25) is 0 Å². The molecule has 122 valence electrons. The van der Waals surface area contributed by atoms with Gasteiger partial charge in [-0.25, -0.2) is 9.51 Å². The Morgan fingerprint density at radius 1 is 1.52 bits per heavy atom. The van der Waals surface area contributed by atoms with E-state index in [1.165, 1.54) is 0 Å². The number of hydrogen-bond acceptors (Lipinski definition) is 5. The van der Waals surface area contributed by atoms with Gasteiger partial charge in [-0.15, -0.1) is 0 Å². The zero-order valence-corrected chi connectivity index (χ0v) is 13.8. The molecule has 23 heavy (non-hydrogen) atoms. The maximum atomic E-state index is 6.23. The Morgan fingerprint density at radius 3 is 3.00 bits per heavy atom. The summed E-state index contributed by atoms with van der Waals surface area (Å²) in [6.45, 7) is 8.29. The van der Waals surface area contributed by atoms with E-state index in [1.807, 2.05) is 38.2 Å². The van der Waals surface area contributed by atoms with Crippen LogP contribution >= 0.6 is 0 Å². The van der Waals surface area contributed by atoms with Crippen LogP contribution in [0.15, 0.2) is 47.9 Å². The zero-order chi connectivity index (χ0) is 16.8. The van der Waals surface area contributed by atoms with Crippen LogP contribution in [0.2, 0.25) is 0 Å². The van der Waals surface area contributed by atoms with Crippen LogP contribution in [0.1, 0.15) is 25.1 Å². The molecule has 6 nitrogen and oxygen atoms in total. The minimum absolute atomic E-state index is 0.286. The molecule has 0 amide bonds. The van der Waals surface area contributed by atoms with Crippen molar-refractivity contribution in [1.82, 2.24) is 14.9 Å². The van der Waals surface area contributed by atoms with Crippen molar-refractivity contribution in [2.75, 3.05) is 7.11 Å². The number of aliphatic imine (C=N–C) groups is 1.